The third kappa shape index (κ3) is 3.64. The second-order valence-electron chi connectivity index (χ2n) is 5.02. The predicted octanol–water partition coefficient (Wildman–Crippen LogP) is 5.87. The van der Waals surface area contributed by atoms with E-state index < -0.39 is 0 Å². The normalized spacial score (nSPS) is 12.7. The van der Waals surface area contributed by atoms with Crippen molar-refractivity contribution in [1.29, 1.82) is 0 Å². The molecule has 0 saturated carbocycles. The van der Waals surface area contributed by atoms with Gasteiger partial charge in [0.2, 0.25) is 0 Å². The van der Waals surface area contributed by atoms with Gasteiger partial charge in [-0.2, -0.15) is 0 Å². The molecule has 2 rings (SSSR count). The predicted molar refractivity (Wildman–Crippen MR) is 93.1 cm³/mol. The summed E-state index contributed by atoms with van der Waals surface area (Å²) in [6, 6.07) is 8.89. The third-order valence-electron chi connectivity index (χ3n) is 3.29. The number of halogens is 2. The summed E-state index contributed by atoms with van der Waals surface area (Å²) >= 11 is 11.4. The highest BCUT2D eigenvalue weighted by Gasteiger charge is 2.19. The highest BCUT2D eigenvalue weighted by Crippen LogP contribution is 2.38. The van der Waals surface area contributed by atoms with E-state index in [1.54, 1.807) is 11.3 Å². The molecule has 108 valence electrons. The molecule has 1 nitrogen and oxygen atoms in total. The van der Waals surface area contributed by atoms with Crippen molar-refractivity contribution in [3.8, 4) is 0 Å². The molecule has 1 heterocycles. The minimum Gasteiger partial charge on any atom is -0.306 e. The van der Waals surface area contributed by atoms with E-state index in [4.69, 9.17) is 11.6 Å². The molecule has 0 aliphatic rings. The third-order valence-corrected chi connectivity index (χ3v) is 5.83. The van der Waals surface area contributed by atoms with Crippen molar-refractivity contribution < 1.29 is 0 Å². The van der Waals surface area contributed by atoms with Crippen molar-refractivity contribution in [2.45, 2.75) is 33.2 Å². The van der Waals surface area contributed by atoms with Gasteiger partial charge in [-0.3, -0.25) is 0 Å². The molecule has 0 radical (unpaired) electrons. The summed E-state index contributed by atoms with van der Waals surface area (Å²) in [7, 11) is 0. The second kappa shape index (κ2) is 7.08. The van der Waals surface area contributed by atoms with E-state index in [-0.39, 0.29) is 6.04 Å². The van der Waals surface area contributed by atoms with Gasteiger partial charge < -0.3 is 5.32 Å². The summed E-state index contributed by atoms with van der Waals surface area (Å²) in [4.78, 5) is 1.25. The van der Waals surface area contributed by atoms with Crippen LogP contribution in [-0.2, 0) is 0 Å². The van der Waals surface area contributed by atoms with Crippen molar-refractivity contribution in [2.75, 3.05) is 6.54 Å². The van der Waals surface area contributed by atoms with Gasteiger partial charge >= 0.3 is 0 Å². The lowest BCUT2D eigenvalue weighted by Crippen LogP contribution is -2.23. The fourth-order valence-electron chi connectivity index (χ4n) is 2.23. The first kappa shape index (κ1) is 16.0. The minimum atomic E-state index is 0.212. The first-order valence-electron chi connectivity index (χ1n) is 6.78. The zero-order valence-corrected chi connectivity index (χ0v) is 15.1. The zero-order chi connectivity index (χ0) is 14.7. The Kier molecular flexibility index (Phi) is 5.67. The molecule has 0 bridgehead atoms. The molecule has 1 N–H and O–H groups in total. The summed E-state index contributed by atoms with van der Waals surface area (Å²) in [5.74, 6) is 0. The quantitative estimate of drug-likeness (QED) is 0.692. The fraction of sp³-hybridized carbons (Fsp3) is 0.375. The average Bonchev–Trinajstić information content (AvgIpc) is 2.74. The Balaban J connectivity index is 2.43. The van der Waals surface area contributed by atoms with E-state index >= 15 is 0 Å². The van der Waals surface area contributed by atoms with Crippen LogP contribution in [0.1, 0.15) is 41.0 Å². The van der Waals surface area contributed by atoms with E-state index in [0.29, 0.717) is 0 Å². The van der Waals surface area contributed by atoms with Crippen molar-refractivity contribution in [3.63, 3.8) is 0 Å². The van der Waals surface area contributed by atoms with Gasteiger partial charge in [0.1, 0.15) is 0 Å². The lowest BCUT2D eigenvalue weighted by Gasteiger charge is -2.20. The number of rotatable bonds is 5. The van der Waals surface area contributed by atoms with Crippen LogP contribution in [0.5, 0.6) is 0 Å². The van der Waals surface area contributed by atoms with Gasteiger partial charge in [-0.05, 0) is 59.9 Å². The molecule has 20 heavy (non-hydrogen) atoms. The van der Waals surface area contributed by atoms with Crippen molar-refractivity contribution >= 4 is 38.9 Å². The van der Waals surface area contributed by atoms with Crippen LogP contribution in [0.3, 0.4) is 0 Å². The van der Waals surface area contributed by atoms with Crippen LogP contribution in [0, 0.1) is 13.8 Å². The molecule has 0 amide bonds. The molecule has 1 aromatic carbocycles. The summed E-state index contributed by atoms with van der Waals surface area (Å²) in [5.41, 5.74) is 3.93. The fourth-order valence-corrected chi connectivity index (χ4v) is 4.07. The highest BCUT2D eigenvalue weighted by atomic mass is 79.9. The van der Waals surface area contributed by atoms with Gasteiger partial charge in [-0.15, -0.1) is 11.3 Å². The topological polar surface area (TPSA) is 12.0 Å². The smallest absolute Gasteiger partial charge is 0.0888 e. The van der Waals surface area contributed by atoms with Crippen LogP contribution in [-0.4, -0.2) is 6.54 Å². The monoisotopic (exact) mass is 371 g/mol. The SMILES string of the molecule is CCCNC(c1cc(Cl)c(Br)s1)c1cc(C)ccc1C. The maximum Gasteiger partial charge on any atom is 0.0888 e. The summed E-state index contributed by atoms with van der Waals surface area (Å²) < 4.78 is 1.00. The Bertz CT molecular complexity index is 575. The molecular weight excluding hydrogens is 354 g/mol. The van der Waals surface area contributed by atoms with Crippen LogP contribution < -0.4 is 5.32 Å². The maximum absolute atomic E-state index is 6.20. The molecule has 0 spiro atoms. The Morgan fingerprint density at radius 1 is 1.30 bits per heavy atom. The Morgan fingerprint density at radius 3 is 2.65 bits per heavy atom. The van der Waals surface area contributed by atoms with Gasteiger partial charge in [0.05, 0.1) is 14.9 Å². The number of hydrogen-bond acceptors (Lipinski definition) is 2. The average molecular weight is 373 g/mol. The van der Waals surface area contributed by atoms with Crippen LogP contribution >= 0.6 is 38.9 Å². The highest BCUT2D eigenvalue weighted by molar-refractivity contribution is 9.11. The molecule has 2 aromatic rings. The largest absolute Gasteiger partial charge is 0.306 e. The number of thiophene rings is 1. The molecule has 0 aliphatic carbocycles. The van der Waals surface area contributed by atoms with E-state index in [2.05, 4.69) is 66.3 Å². The minimum absolute atomic E-state index is 0.212. The molecule has 4 heteroatoms. The van der Waals surface area contributed by atoms with Gasteiger partial charge in [-0.25, -0.2) is 0 Å². The van der Waals surface area contributed by atoms with Gasteiger partial charge in [0.25, 0.3) is 0 Å². The summed E-state index contributed by atoms with van der Waals surface area (Å²) in [6.45, 7) is 7.48. The summed E-state index contributed by atoms with van der Waals surface area (Å²) in [5, 5.41) is 4.43. The van der Waals surface area contributed by atoms with E-state index in [9.17, 15) is 0 Å². The standard InChI is InChI=1S/C16H19BrClNS/c1-4-7-19-15(14-9-13(18)16(17)20-14)12-8-10(2)5-6-11(12)3/h5-6,8-9,15,19H,4,7H2,1-3H3. The lowest BCUT2D eigenvalue weighted by molar-refractivity contribution is 0.603. The molecule has 1 unspecified atom stereocenters. The first-order chi connectivity index (χ1) is 9.52. The number of hydrogen-bond donors (Lipinski definition) is 1. The molecule has 1 aromatic heterocycles. The van der Waals surface area contributed by atoms with Crippen LogP contribution in [0.2, 0.25) is 5.02 Å². The van der Waals surface area contributed by atoms with E-state index in [0.717, 1.165) is 21.8 Å². The van der Waals surface area contributed by atoms with Crippen LogP contribution in [0.15, 0.2) is 28.1 Å². The molecule has 0 fully saturated rings. The van der Waals surface area contributed by atoms with Gasteiger partial charge in [-0.1, -0.05) is 42.3 Å². The summed E-state index contributed by atoms with van der Waals surface area (Å²) in [6.07, 6.45) is 1.11. The number of benzene rings is 1. The number of aryl methyl sites for hydroxylation is 2. The van der Waals surface area contributed by atoms with Gasteiger partial charge in [0.15, 0.2) is 0 Å². The molecule has 0 aliphatic heterocycles. The van der Waals surface area contributed by atoms with E-state index in [1.807, 2.05) is 0 Å². The molecule has 1 atom stereocenters. The Hall–Kier alpha value is -0.350. The molecule has 0 saturated heterocycles. The Labute approximate surface area is 138 Å². The lowest BCUT2D eigenvalue weighted by atomic mass is 9.97. The zero-order valence-electron chi connectivity index (χ0n) is 12.0. The maximum atomic E-state index is 6.20. The first-order valence-corrected chi connectivity index (χ1v) is 8.77. The van der Waals surface area contributed by atoms with Crippen molar-refractivity contribution in [3.05, 3.63) is 54.6 Å². The van der Waals surface area contributed by atoms with Gasteiger partial charge in [0, 0.05) is 4.88 Å². The number of nitrogens with one attached hydrogen (secondary N) is 1. The van der Waals surface area contributed by atoms with Crippen molar-refractivity contribution in [2.24, 2.45) is 0 Å². The Morgan fingerprint density at radius 2 is 2.05 bits per heavy atom. The van der Waals surface area contributed by atoms with Crippen LogP contribution in [0.4, 0.5) is 0 Å². The van der Waals surface area contributed by atoms with Crippen molar-refractivity contribution in [1.82, 2.24) is 5.32 Å². The molecular formula is C16H19BrClNS. The van der Waals surface area contributed by atoms with Crippen LogP contribution in [0.25, 0.3) is 0 Å². The second-order valence-corrected chi connectivity index (χ2v) is 7.83. The van der Waals surface area contributed by atoms with E-state index in [1.165, 1.54) is 21.6 Å².